The van der Waals surface area contributed by atoms with Crippen molar-refractivity contribution in [3.63, 3.8) is 0 Å². The van der Waals surface area contributed by atoms with Gasteiger partial charge in [-0.2, -0.15) is 5.10 Å². The van der Waals surface area contributed by atoms with E-state index in [0.717, 1.165) is 11.3 Å². The molecule has 6 nitrogen and oxygen atoms in total. The van der Waals surface area contributed by atoms with Crippen molar-refractivity contribution in [1.29, 1.82) is 0 Å². The molecule has 1 aliphatic rings. The van der Waals surface area contributed by atoms with Gasteiger partial charge in [0.1, 0.15) is 23.3 Å². The van der Waals surface area contributed by atoms with Gasteiger partial charge in [-0.15, -0.1) is 0 Å². The number of furan rings is 2. The zero-order valence-electron chi connectivity index (χ0n) is 13.7. The van der Waals surface area contributed by atoms with Gasteiger partial charge in [0.15, 0.2) is 0 Å². The fourth-order valence-electron chi connectivity index (χ4n) is 2.81. The molecule has 0 unspecified atom stereocenters. The van der Waals surface area contributed by atoms with E-state index in [1.807, 2.05) is 43.3 Å². The first-order chi connectivity index (χ1) is 12.2. The van der Waals surface area contributed by atoms with Crippen molar-refractivity contribution < 1.29 is 13.6 Å². The second-order valence-corrected chi connectivity index (χ2v) is 5.90. The highest BCUT2D eigenvalue weighted by Gasteiger charge is 2.35. The van der Waals surface area contributed by atoms with Crippen LogP contribution in [-0.4, -0.2) is 16.8 Å². The first-order valence-electron chi connectivity index (χ1n) is 8.02. The molecule has 3 aromatic rings. The molecule has 1 aliphatic heterocycles. The summed E-state index contributed by atoms with van der Waals surface area (Å²) in [5, 5.41) is 8.76. The van der Waals surface area contributed by atoms with Crippen molar-refractivity contribution in [1.82, 2.24) is 5.01 Å². The Hall–Kier alpha value is -3.28. The molecule has 4 rings (SSSR count). The van der Waals surface area contributed by atoms with Crippen LogP contribution in [0.3, 0.4) is 0 Å². The number of nitrogens with one attached hydrogen (secondary N) is 1. The van der Waals surface area contributed by atoms with Crippen LogP contribution in [0.25, 0.3) is 0 Å². The molecule has 0 radical (unpaired) electrons. The second kappa shape index (κ2) is 6.32. The van der Waals surface area contributed by atoms with E-state index in [1.165, 1.54) is 5.01 Å². The summed E-state index contributed by atoms with van der Waals surface area (Å²) in [6, 6.07) is 14.3. The molecular weight excluding hydrogens is 318 g/mol. The van der Waals surface area contributed by atoms with Crippen molar-refractivity contribution in [2.45, 2.75) is 19.4 Å². The van der Waals surface area contributed by atoms with E-state index >= 15 is 0 Å². The van der Waals surface area contributed by atoms with Crippen molar-refractivity contribution in [2.75, 3.05) is 5.32 Å². The van der Waals surface area contributed by atoms with Crippen LogP contribution in [0, 0.1) is 6.92 Å². The predicted molar refractivity (Wildman–Crippen MR) is 93.3 cm³/mol. The maximum atomic E-state index is 12.8. The van der Waals surface area contributed by atoms with Crippen LogP contribution in [0.4, 0.5) is 10.5 Å². The van der Waals surface area contributed by atoms with E-state index in [2.05, 4.69) is 10.4 Å². The number of benzene rings is 1. The molecular formula is C19H17N3O3. The molecule has 0 aliphatic carbocycles. The summed E-state index contributed by atoms with van der Waals surface area (Å²) in [6.45, 7) is 2.00. The lowest BCUT2D eigenvalue weighted by molar-refractivity contribution is 0.192. The lowest BCUT2D eigenvalue weighted by Gasteiger charge is -2.20. The number of carbonyl (C=O) groups is 1. The quantitative estimate of drug-likeness (QED) is 0.762. The van der Waals surface area contributed by atoms with E-state index in [4.69, 9.17) is 8.83 Å². The normalized spacial score (nSPS) is 16.8. The summed E-state index contributed by atoms with van der Waals surface area (Å²) in [6.07, 6.45) is 3.72. The van der Waals surface area contributed by atoms with Crippen molar-refractivity contribution >= 4 is 17.4 Å². The molecule has 0 saturated heterocycles. The Morgan fingerprint density at radius 1 is 1.12 bits per heavy atom. The number of amides is 2. The van der Waals surface area contributed by atoms with Crippen LogP contribution in [0.15, 0.2) is 75.0 Å². The monoisotopic (exact) mass is 335 g/mol. The molecule has 6 heteroatoms. The van der Waals surface area contributed by atoms with Gasteiger partial charge in [0.05, 0.1) is 12.5 Å². The Labute approximate surface area is 144 Å². The van der Waals surface area contributed by atoms with Crippen molar-refractivity contribution in [2.24, 2.45) is 5.10 Å². The zero-order valence-corrected chi connectivity index (χ0v) is 13.7. The first-order valence-corrected chi connectivity index (χ1v) is 8.02. The number of hydrazone groups is 1. The lowest BCUT2D eigenvalue weighted by atomic mass is 10.1. The van der Waals surface area contributed by atoms with Gasteiger partial charge in [-0.1, -0.05) is 17.7 Å². The maximum Gasteiger partial charge on any atom is 0.342 e. The minimum Gasteiger partial charge on any atom is -0.467 e. The standard InChI is InChI=1S/C19H17N3O3/c1-13-6-8-14(9-7-13)20-19(23)22-16(18-5-3-11-25-18)12-15(21-22)17-4-2-10-24-17/h2-11,16H,12H2,1H3,(H,20,23)/t16-/m1/s1. The van der Waals surface area contributed by atoms with Gasteiger partial charge in [-0.05, 0) is 43.3 Å². The van der Waals surface area contributed by atoms with E-state index < -0.39 is 0 Å². The molecule has 25 heavy (non-hydrogen) atoms. The number of hydrogen-bond acceptors (Lipinski definition) is 4. The van der Waals surface area contributed by atoms with Crippen molar-refractivity contribution in [3.05, 3.63) is 78.1 Å². The van der Waals surface area contributed by atoms with Gasteiger partial charge in [-0.3, -0.25) is 0 Å². The smallest absolute Gasteiger partial charge is 0.342 e. The van der Waals surface area contributed by atoms with Gasteiger partial charge in [0.25, 0.3) is 0 Å². The molecule has 1 atom stereocenters. The molecule has 2 aromatic heterocycles. The third-order valence-electron chi connectivity index (χ3n) is 4.10. The fourth-order valence-corrected chi connectivity index (χ4v) is 2.81. The van der Waals surface area contributed by atoms with Crippen LogP contribution in [0.1, 0.15) is 29.5 Å². The molecule has 2 amide bonds. The molecule has 0 saturated carbocycles. The topological polar surface area (TPSA) is 71.0 Å². The van der Waals surface area contributed by atoms with Crippen molar-refractivity contribution in [3.8, 4) is 0 Å². The minimum absolute atomic E-state index is 0.305. The summed E-state index contributed by atoms with van der Waals surface area (Å²) in [4.78, 5) is 12.8. The number of urea groups is 1. The zero-order chi connectivity index (χ0) is 17.2. The Morgan fingerprint density at radius 2 is 1.88 bits per heavy atom. The average molecular weight is 335 g/mol. The number of hydrogen-bond donors (Lipinski definition) is 1. The van der Waals surface area contributed by atoms with Crippen LogP contribution in [0.2, 0.25) is 0 Å². The van der Waals surface area contributed by atoms with Gasteiger partial charge < -0.3 is 14.2 Å². The Kier molecular flexibility index (Phi) is 3.85. The largest absolute Gasteiger partial charge is 0.467 e. The summed E-state index contributed by atoms with van der Waals surface area (Å²) in [5.74, 6) is 1.34. The maximum absolute atomic E-state index is 12.8. The third-order valence-corrected chi connectivity index (χ3v) is 4.10. The number of aryl methyl sites for hydroxylation is 1. The number of nitrogens with zero attached hydrogens (tertiary/aromatic N) is 2. The third kappa shape index (κ3) is 3.06. The van der Waals surface area contributed by atoms with Crippen LogP contribution in [-0.2, 0) is 0 Å². The summed E-state index contributed by atoms with van der Waals surface area (Å²) in [7, 11) is 0. The highest BCUT2D eigenvalue weighted by Crippen LogP contribution is 2.33. The number of carbonyl (C=O) groups excluding carboxylic acids is 1. The van der Waals surface area contributed by atoms with E-state index in [9.17, 15) is 4.79 Å². The number of rotatable bonds is 3. The van der Waals surface area contributed by atoms with Crippen LogP contribution < -0.4 is 5.32 Å². The Morgan fingerprint density at radius 3 is 2.56 bits per heavy atom. The molecule has 126 valence electrons. The van der Waals surface area contributed by atoms with Gasteiger partial charge in [0, 0.05) is 12.1 Å². The van der Waals surface area contributed by atoms with E-state index in [1.54, 1.807) is 24.7 Å². The molecule has 3 heterocycles. The number of anilines is 1. The second-order valence-electron chi connectivity index (χ2n) is 5.90. The molecule has 0 bridgehead atoms. The van der Waals surface area contributed by atoms with E-state index in [0.29, 0.717) is 23.7 Å². The predicted octanol–water partition coefficient (Wildman–Crippen LogP) is 4.56. The first kappa shape index (κ1) is 15.3. The molecule has 1 aromatic carbocycles. The van der Waals surface area contributed by atoms with Gasteiger partial charge in [-0.25, -0.2) is 9.80 Å². The summed E-state index contributed by atoms with van der Waals surface area (Å²) >= 11 is 0. The highest BCUT2D eigenvalue weighted by atomic mass is 16.3. The lowest BCUT2D eigenvalue weighted by Crippen LogP contribution is -2.31. The highest BCUT2D eigenvalue weighted by molar-refractivity contribution is 6.02. The SMILES string of the molecule is Cc1ccc(NC(=O)N2N=C(c3ccco3)C[C@@H]2c2ccco2)cc1. The van der Waals surface area contributed by atoms with Gasteiger partial charge in [0.2, 0.25) is 0 Å². The Balaban J connectivity index is 1.60. The van der Waals surface area contributed by atoms with Crippen LogP contribution >= 0.6 is 0 Å². The average Bonchev–Trinajstić information content (AvgIpc) is 3.36. The van der Waals surface area contributed by atoms with Gasteiger partial charge >= 0.3 is 6.03 Å². The molecule has 1 N–H and O–H groups in total. The summed E-state index contributed by atoms with van der Waals surface area (Å²) in [5.41, 5.74) is 2.56. The Bertz CT molecular complexity index is 881. The fraction of sp³-hybridized carbons (Fsp3) is 0.158. The molecule has 0 spiro atoms. The minimum atomic E-state index is -0.313. The van der Waals surface area contributed by atoms with Crippen LogP contribution in [0.5, 0.6) is 0 Å². The van der Waals surface area contributed by atoms with E-state index in [-0.39, 0.29) is 12.1 Å². The summed E-state index contributed by atoms with van der Waals surface area (Å²) < 4.78 is 10.9. The molecule has 0 fully saturated rings.